The molecule has 5 rings (SSSR count). The number of thioether (sulfide) groups is 1. The van der Waals surface area contributed by atoms with Crippen LogP contribution in [-0.2, 0) is 26.0 Å². The minimum atomic E-state index is -4.19. The second kappa shape index (κ2) is 12.6. The van der Waals surface area contributed by atoms with Crippen molar-refractivity contribution >= 4 is 55.7 Å². The van der Waals surface area contributed by atoms with Crippen molar-refractivity contribution in [2.24, 2.45) is 0 Å². The lowest BCUT2D eigenvalue weighted by molar-refractivity contribution is -0.131. The van der Waals surface area contributed by atoms with E-state index in [-0.39, 0.29) is 15.6 Å². The van der Waals surface area contributed by atoms with Crippen LogP contribution in [-0.4, -0.2) is 46.7 Å². The molecule has 0 spiro atoms. The number of nitrogens with zero attached hydrogens (tertiary/aromatic N) is 1. The number of nitrogens with one attached hydrogen (secondary N) is 1. The van der Waals surface area contributed by atoms with Crippen LogP contribution in [0, 0.1) is 6.92 Å². The van der Waals surface area contributed by atoms with E-state index in [9.17, 15) is 23.1 Å². The van der Waals surface area contributed by atoms with Crippen molar-refractivity contribution in [3.63, 3.8) is 0 Å². The molecule has 2 N–H and O–H groups in total. The average molecular weight is 617 g/mol. The molecule has 1 aliphatic carbocycles. The molecule has 3 aromatic rings. The summed E-state index contributed by atoms with van der Waals surface area (Å²) in [5, 5.41) is 10.8. The van der Waals surface area contributed by atoms with Gasteiger partial charge in [0.2, 0.25) is 0 Å². The van der Waals surface area contributed by atoms with Crippen molar-refractivity contribution in [3.05, 3.63) is 130 Å². The second-order valence-electron chi connectivity index (χ2n) is 9.99. The van der Waals surface area contributed by atoms with Crippen LogP contribution in [0.4, 0.5) is 0 Å². The van der Waals surface area contributed by atoms with Gasteiger partial charge in [-0.25, -0.2) is 13.1 Å². The number of benzene rings is 3. The van der Waals surface area contributed by atoms with E-state index in [4.69, 9.17) is 12.2 Å². The lowest BCUT2D eigenvalue weighted by Gasteiger charge is -2.26. The van der Waals surface area contributed by atoms with Gasteiger partial charge in [0.1, 0.15) is 10.4 Å². The Morgan fingerprint density at radius 1 is 1.05 bits per heavy atom. The average Bonchev–Trinajstić information content (AvgIpc) is 3.24. The number of aliphatic hydroxyl groups is 1. The summed E-state index contributed by atoms with van der Waals surface area (Å²) < 4.78 is 28.4. The highest BCUT2D eigenvalue weighted by molar-refractivity contribution is 8.26. The minimum Gasteiger partial charge on any atom is -0.388 e. The number of thiocarbonyl (C=S) groups is 1. The maximum absolute atomic E-state index is 13.7. The lowest BCUT2D eigenvalue weighted by atomic mass is 9.90. The molecule has 0 radical (unpaired) electrons. The van der Waals surface area contributed by atoms with Gasteiger partial charge in [-0.2, -0.15) is 0 Å². The predicted molar refractivity (Wildman–Crippen MR) is 169 cm³/mol. The van der Waals surface area contributed by atoms with Gasteiger partial charge in [0.15, 0.2) is 0 Å². The maximum atomic E-state index is 13.7. The molecule has 1 unspecified atom stereocenters. The standard InChI is InChI=1S/C32H28N2O5S3/c1-21-12-15-25(16-13-21)42(38,39)33-30(36)27(18-22-8-4-2-5-9-22)34-31(37)29(41-32(34)40)20-23-14-17-26(28(35)19-23)24-10-6-3-7-11-24/h2-17,20,27-28,35H,18-19H2,1H3,(H,33,36)/b29-20-/t27-,28?/m0/s1. The van der Waals surface area contributed by atoms with Gasteiger partial charge >= 0.3 is 0 Å². The number of sulfonamides is 1. The van der Waals surface area contributed by atoms with Gasteiger partial charge in [-0.15, -0.1) is 0 Å². The molecule has 0 bridgehead atoms. The van der Waals surface area contributed by atoms with Crippen LogP contribution in [0.1, 0.15) is 23.1 Å². The molecule has 0 saturated carbocycles. The van der Waals surface area contributed by atoms with Crippen molar-refractivity contribution < 1.29 is 23.1 Å². The molecule has 1 fully saturated rings. The minimum absolute atomic E-state index is 0.0559. The summed E-state index contributed by atoms with van der Waals surface area (Å²) in [6, 6.07) is 23.5. The number of carbonyl (C=O) groups excluding carboxylic acids is 2. The molecule has 214 valence electrons. The molecular formula is C32H28N2O5S3. The Balaban J connectivity index is 1.42. The van der Waals surface area contributed by atoms with E-state index in [1.54, 1.807) is 42.5 Å². The van der Waals surface area contributed by atoms with Gasteiger partial charge in [0, 0.05) is 12.8 Å². The number of allylic oxidation sites excluding steroid dienone is 3. The molecule has 42 heavy (non-hydrogen) atoms. The Hall–Kier alpha value is -3.83. The van der Waals surface area contributed by atoms with Crippen molar-refractivity contribution in [2.75, 3.05) is 0 Å². The van der Waals surface area contributed by atoms with E-state index in [2.05, 4.69) is 4.72 Å². The summed E-state index contributed by atoms with van der Waals surface area (Å²) in [5.74, 6) is -1.36. The molecular weight excluding hydrogens is 589 g/mol. The summed E-state index contributed by atoms with van der Waals surface area (Å²) in [6.45, 7) is 1.83. The van der Waals surface area contributed by atoms with Crippen molar-refractivity contribution in [3.8, 4) is 0 Å². The normalized spacial score (nSPS) is 19.0. The summed E-state index contributed by atoms with van der Waals surface area (Å²) in [5.41, 5.74) is 4.05. The zero-order valence-electron chi connectivity index (χ0n) is 22.6. The van der Waals surface area contributed by atoms with Gasteiger partial charge in [0.25, 0.3) is 21.8 Å². The summed E-state index contributed by atoms with van der Waals surface area (Å²) in [6.07, 6.45) is 4.95. The number of aliphatic hydroxyl groups excluding tert-OH is 1. The summed E-state index contributed by atoms with van der Waals surface area (Å²) >= 11 is 6.59. The van der Waals surface area contributed by atoms with Crippen LogP contribution in [0.5, 0.6) is 0 Å². The lowest BCUT2D eigenvalue weighted by Crippen LogP contribution is -2.51. The topological polar surface area (TPSA) is 104 Å². The quantitative estimate of drug-likeness (QED) is 0.273. The monoisotopic (exact) mass is 616 g/mol. The first-order chi connectivity index (χ1) is 20.1. The number of carbonyl (C=O) groups is 2. The van der Waals surface area contributed by atoms with Gasteiger partial charge in [-0.1, -0.05) is 114 Å². The van der Waals surface area contributed by atoms with Crippen LogP contribution >= 0.6 is 24.0 Å². The SMILES string of the molecule is Cc1ccc(S(=O)(=O)NC(=O)[C@H](Cc2ccccc2)N2C(=O)/C(=C/C3=CC=C(c4ccccc4)C(O)C3)SC2=S)cc1. The third-order valence-corrected chi connectivity index (χ3v) is 9.66. The van der Waals surface area contributed by atoms with E-state index in [0.717, 1.165) is 39.6 Å². The number of amides is 2. The van der Waals surface area contributed by atoms with Crippen molar-refractivity contribution in [1.82, 2.24) is 9.62 Å². The molecule has 3 aromatic carbocycles. The summed E-state index contributed by atoms with van der Waals surface area (Å²) in [4.78, 5) is 28.7. The molecule has 2 atom stereocenters. The Labute approximate surface area is 254 Å². The maximum Gasteiger partial charge on any atom is 0.266 e. The van der Waals surface area contributed by atoms with Gasteiger partial charge < -0.3 is 5.11 Å². The zero-order chi connectivity index (χ0) is 29.9. The molecule has 7 nitrogen and oxygen atoms in total. The van der Waals surface area contributed by atoms with Gasteiger partial charge in [-0.05, 0) is 47.4 Å². The van der Waals surface area contributed by atoms with Crippen LogP contribution < -0.4 is 4.72 Å². The van der Waals surface area contributed by atoms with E-state index >= 15 is 0 Å². The largest absolute Gasteiger partial charge is 0.388 e. The summed E-state index contributed by atoms with van der Waals surface area (Å²) in [7, 11) is -4.19. The van der Waals surface area contributed by atoms with E-state index < -0.39 is 34.0 Å². The highest BCUT2D eigenvalue weighted by Gasteiger charge is 2.41. The fourth-order valence-electron chi connectivity index (χ4n) is 4.77. The van der Waals surface area contributed by atoms with Gasteiger partial charge in [-0.3, -0.25) is 14.5 Å². The van der Waals surface area contributed by atoms with E-state index in [0.29, 0.717) is 11.3 Å². The molecule has 1 aliphatic heterocycles. The highest BCUT2D eigenvalue weighted by atomic mass is 32.2. The Morgan fingerprint density at radius 3 is 2.33 bits per heavy atom. The third kappa shape index (κ3) is 6.63. The fraction of sp³-hybridized carbons (Fsp3) is 0.156. The fourth-order valence-corrected chi connectivity index (χ4v) is 7.15. The molecule has 1 heterocycles. The first-order valence-electron chi connectivity index (χ1n) is 13.2. The first kappa shape index (κ1) is 29.7. The third-order valence-electron chi connectivity index (χ3n) is 6.96. The highest BCUT2D eigenvalue weighted by Crippen LogP contribution is 2.36. The van der Waals surface area contributed by atoms with Crippen LogP contribution in [0.3, 0.4) is 0 Å². The molecule has 2 amide bonds. The number of rotatable bonds is 8. The zero-order valence-corrected chi connectivity index (χ0v) is 25.1. The Kier molecular flexibility index (Phi) is 8.88. The van der Waals surface area contributed by atoms with Crippen LogP contribution in [0.25, 0.3) is 5.57 Å². The number of hydrogen-bond donors (Lipinski definition) is 2. The Morgan fingerprint density at radius 2 is 1.69 bits per heavy atom. The number of hydrogen-bond acceptors (Lipinski definition) is 7. The van der Waals surface area contributed by atoms with Gasteiger partial charge in [0.05, 0.1) is 15.9 Å². The second-order valence-corrected chi connectivity index (χ2v) is 13.3. The molecule has 2 aliphatic rings. The van der Waals surface area contributed by atoms with Crippen LogP contribution in [0.2, 0.25) is 0 Å². The first-order valence-corrected chi connectivity index (χ1v) is 15.9. The Bertz CT molecular complexity index is 1710. The van der Waals surface area contributed by atoms with Crippen molar-refractivity contribution in [1.29, 1.82) is 0 Å². The van der Waals surface area contributed by atoms with Crippen LogP contribution in [0.15, 0.2) is 119 Å². The van der Waals surface area contributed by atoms with E-state index in [1.165, 1.54) is 17.0 Å². The number of aryl methyl sites for hydroxylation is 1. The van der Waals surface area contributed by atoms with E-state index in [1.807, 2.05) is 55.5 Å². The molecule has 10 heteroatoms. The molecule has 0 aromatic heterocycles. The van der Waals surface area contributed by atoms with Crippen molar-refractivity contribution in [2.45, 2.75) is 36.8 Å². The predicted octanol–water partition coefficient (Wildman–Crippen LogP) is 4.93. The molecule has 1 saturated heterocycles. The smallest absolute Gasteiger partial charge is 0.266 e.